The summed E-state index contributed by atoms with van der Waals surface area (Å²) in [5.41, 5.74) is 2.52. The van der Waals surface area contributed by atoms with Crippen LogP contribution in [0.1, 0.15) is 16.7 Å². The van der Waals surface area contributed by atoms with E-state index in [1.807, 2.05) is 31.2 Å². The van der Waals surface area contributed by atoms with Crippen molar-refractivity contribution in [1.29, 1.82) is 0 Å². The summed E-state index contributed by atoms with van der Waals surface area (Å²) in [6.45, 7) is 2.21. The van der Waals surface area contributed by atoms with E-state index in [0.717, 1.165) is 22.9 Å². The molecular weight excluding hydrogens is 365 g/mol. The second-order valence-corrected chi connectivity index (χ2v) is 7.14. The molecule has 1 aliphatic heterocycles. The first kappa shape index (κ1) is 17.1. The number of benzene rings is 2. The molecule has 0 aromatic heterocycles. The predicted molar refractivity (Wildman–Crippen MR) is 99.2 cm³/mol. The molecule has 0 radical (unpaired) electrons. The largest absolute Gasteiger partial charge is 0.293 e. The number of hydrogen-bond donors (Lipinski definition) is 0. The average molecular weight is 378 g/mol. The summed E-state index contributed by atoms with van der Waals surface area (Å²) in [4.78, 5) is 26.4. The Morgan fingerprint density at radius 2 is 1.71 bits per heavy atom. The molecule has 3 rings (SSSR count). The fourth-order valence-electron chi connectivity index (χ4n) is 2.37. The van der Waals surface area contributed by atoms with Crippen molar-refractivity contribution in [1.82, 2.24) is 4.90 Å². The van der Waals surface area contributed by atoms with Crippen molar-refractivity contribution in [2.24, 2.45) is 0 Å². The van der Waals surface area contributed by atoms with E-state index in [1.54, 1.807) is 24.3 Å². The smallest absolute Gasteiger partial charge is 0.268 e. The van der Waals surface area contributed by atoms with Gasteiger partial charge in [-0.15, -0.1) is 0 Å². The van der Waals surface area contributed by atoms with Crippen molar-refractivity contribution < 1.29 is 9.59 Å². The van der Waals surface area contributed by atoms with Crippen LogP contribution >= 0.6 is 35.0 Å². The molecule has 2 amide bonds. The lowest BCUT2D eigenvalue weighted by atomic mass is 10.1. The first-order valence-electron chi connectivity index (χ1n) is 7.21. The lowest BCUT2D eigenvalue weighted by molar-refractivity contribution is -0.123. The van der Waals surface area contributed by atoms with Crippen LogP contribution in [0, 0.1) is 6.92 Å². The third kappa shape index (κ3) is 3.36. The normalized spacial score (nSPS) is 16.3. The van der Waals surface area contributed by atoms with E-state index in [0.29, 0.717) is 20.5 Å². The van der Waals surface area contributed by atoms with Gasteiger partial charge in [0.1, 0.15) is 0 Å². The molecule has 122 valence electrons. The van der Waals surface area contributed by atoms with Gasteiger partial charge in [-0.05, 0) is 48.0 Å². The highest BCUT2D eigenvalue weighted by Crippen LogP contribution is 2.36. The number of hydrogen-bond acceptors (Lipinski definition) is 3. The van der Waals surface area contributed by atoms with Crippen molar-refractivity contribution in [3.05, 3.63) is 74.1 Å². The van der Waals surface area contributed by atoms with Crippen LogP contribution in [-0.2, 0) is 11.3 Å². The lowest BCUT2D eigenvalue weighted by Gasteiger charge is -2.14. The molecule has 2 aromatic rings. The molecule has 0 saturated carbocycles. The number of halogens is 2. The predicted octanol–water partition coefficient (Wildman–Crippen LogP) is 5.54. The van der Waals surface area contributed by atoms with Crippen molar-refractivity contribution in [3.63, 3.8) is 0 Å². The SMILES string of the molecule is Cc1ccccc1CN1C(=O)S/C(=C\c2c(Cl)cccc2Cl)C1=O. The molecular formula is C18H13Cl2NO2S. The number of carbonyl (C=O) groups is 2. The van der Waals surface area contributed by atoms with E-state index in [9.17, 15) is 9.59 Å². The average Bonchev–Trinajstić information content (AvgIpc) is 2.80. The molecule has 1 aliphatic rings. The van der Waals surface area contributed by atoms with Crippen molar-refractivity contribution >= 4 is 52.2 Å². The number of thioether (sulfide) groups is 1. The van der Waals surface area contributed by atoms with Gasteiger partial charge in [-0.1, -0.05) is 53.5 Å². The third-order valence-electron chi connectivity index (χ3n) is 3.74. The van der Waals surface area contributed by atoms with Crippen molar-refractivity contribution in [2.75, 3.05) is 0 Å². The molecule has 1 fully saturated rings. The first-order chi connectivity index (χ1) is 11.5. The zero-order valence-electron chi connectivity index (χ0n) is 12.8. The summed E-state index contributed by atoms with van der Waals surface area (Å²) in [7, 11) is 0. The van der Waals surface area contributed by atoms with Crippen LogP contribution in [0.5, 0.6) is 0 Å². The van der Waals surface area contributed by atoms with Crippen LogP contribution in [0.25, 0.3) is 6.08 Å². The summed E-state index contributed by atoms with van der Waals surface area (Å²) in [5.74, 6) is -0.329. The van der Waals surface area contributed by atoms with Gasteiger partial charge in [0.2, 0.25) is 0 Å². The maximum absolute atomic E-state index is 12.6. The highest BCUT2D eigenvalue weighted by Gasteiger charge is 2.35. The second kappa shape index (κ2) is 7.01. The molecule has 0 aliphatic carbocycles. The number of carbonyl (C=O) groups excluding carboxylic acids is 2. The molecule has 1 saturated heterocycles. The standard InChI is InChI=1S/C18H13Cl2NO2S/c1-11-5-2-3-6-12(11)10-21-17(22)16(24-18(21)23)9-13-14(19)7-4-8-15(13)20/h2-9H,10H2,1H3/b16-9-. The summed E-state index contributed by atoms with van der Waals surface area (Å²) in [5, 5.41) is 0.582. The molecule has 24 heavy (non-hydrogen) atoms. The number of aryl methyl sites for hydroxylation is 1. The lowest BCUT2D eigenvalue weighted by Crippen LogP contribution is -2.27. The first-order valence-corrected chi connectivity index (χ1v) is 8.78. The van der Waals surface area contributed by atoms with Gasteiger partial charge in [0.05, 0.1) is 11.4 Å². The summed E-state index contributed by atoms with van der Waals surface area (Å²) < 4.78 is 0. The van der Waals surface area contributed by atoms with E-state index in [1.165, 1.54) is 4.90 Å². The minimum Gasteiger partial charge on any atom is -0.268 e. The van der Waals surface area contributed by atoms with Crippen molar-refractivity contribution in [2.45, 2.75) is 13.5 Å². The fourth-order valence-corrected chi connectivity index (χ4v) is 3.70. The van der Waals surface area contributed by atoms with Crippen LogP contribution in [-0.4, -0.2) is 16.0 Å². The van der Waals surface area contributed by atoms with Crippen LogP contribution in [0.15, 0.2) is 47.4 Å². The Labute approximate surface area is 154 Å². The van der Waals surface area contributed by atoms with Crippen molar-refractivity contribution in [3.8, 4) is 0 Å². The van der Waals surface area contributed by atoms with E-state index >= 15 is 0 Å². The quantitative estimate of drug-likeness (QED) is 0.659. The second-order valence-electron chi connectivity index (χ2n) is 5.33. The van der Waals surface area contributed by atoms with Gasteiger partial charge in [0.15, 0.2) is 0 Å². The maximum Gasteiger partial charge on any atom is 0.293 e. The summed E-state index contributed by atoms with van der Waals surface area (Å²) >= 11 is 13.2. The Balaban J connectivity index is 1.89. The Morgan fingerprint density at radius 1 is 1.04 bits per heavy atom. The number of nitrogens with zero attached hydrogens (tertiary/aromatic N) is 1. The number of imide groups is 1. The van der Waals surface area contributed by atoms with Crippen LogP contribution in [0.4, 0.5) is 4.79 Å². The minimum atomic E-state index is -0.329. The third-order valence-corrected chi connectivity index (χ3v) is 5.31. The Bertz CT molecular complexity index is 844. The highest BCUT2D eigenvalue weighted by molar-refractivity contribution is 8.18. The van der Waals surface area contributed by atoms with Gasteiger partial charge in [0, 0.05) is 15.6 Å². The maximum atomic E-state index is 12.6. The van der Waals surface area contributed by atoms with Crippen LogP contribution < -0.4 is 0 Å². The monoisotopic (exact) mass is 377 g/mol. The zero-order chi connectivity index (χ0) is 17.3. The van der Waals surface area contributed by atoms with Gasteiger partial charge in [-0.25, -0.2) is 0 Å². The number of rotatable bonds is 3. The Morgan fingerprint density at radius 3 is 2.38 bits per heavy atom. The fraction of sp³-hybridized carbons (Fsp3) is 0.111. The Kier molecular flexibility index (Phi) is 4.99. The van der Waals surface area contributed by atoms with Gasteiger partial charge in [-0.2, -0.15) is 0 Å². The molecule has 0 atom stereocenters. The minimum absolute atomic E-state index is 0.255. The molecule has 1 heterocycles. The topological polar surface area (TPSA) is 37.4 Å². The molecule has 3 nitrogen and oxygen atoms in total. The zero-order valence-corrected chi connectivity index (χ0v) is 15.1. The van der Waals surface area contributed by atoms with Gasteiger partial charge in [0.25, 0.3) is 11.1 Å². The molecule has 0 N–H and O–H groups in total. The summed E-state index contributed by atoms with van der Waals surface area (Å²) in [6.07, 6.45) is 1.58. The van der Waals surface area contributed by atoms with E-state index < -0.39 is 0 Å². The highest BCUT2D eigenvalue weighted by atomic mass is 35.5. The van der Waals surface area contributed by atoms with E-state index in [2.05, 4.69) is 0 Å². The Hall–Kier alpha value is -1.75. The molecule has 0 bridgehead atoms. The van der Waals surface area contributed by atoms with Gasteiger partial charge < -0.3 is 0 Å². The number of amides is 2. The molecule has 2 aromatic carbocycles. The summed E-state index contributed by atoms with van der Waals surface area (Å²) in [6, 6.07) is 12.8. The molecule has 6 heteroatoms. The van der Waals surface area contributed by atoms with E-state index in [-0.39, 0.29) is 17.7 Å². The molecule has 0 unspecified atom stereocenters. The van der Waals surface area contributed by atoms with Gasteiger partial charge >= 0.3 is 0 Å². The van der Waals surface area contributed by atoms with Crippen LogP contribution in [0.3, 0.4) is 0 Å². The van der Waals surface area contributed by atoms with Gasteiger partial charge in [-0.3, -0.25) is 14.5 Å². The van der Waals surface area contributed by atoms with Crippen LogP contribution in [0.2, 0.25) is 10.0 Å². The van der Waals surface area contributed by atoms with E-state index in [4.69, 9.17) is 23.2 Å². The molecule has 0 spiro atoms.